The molecule has 0 atom stereocenters. The normalized spacial score (nSPS) is 18.5. The zero-order chi connectivity index (χ0) is 12.4. The number of rotatable bonds is 5. The van der Waals surface area contributed by atoms with E-state index < -0.39 is 5.97 Å². The van der Waals surface area contributed by atoms with Crippen molar-refractivity contribution in [3.8, 4) is 0 Å². The number of hydrogen-bond acceptors (Lipinski definition) is 3. The van der Waals surface area contributed by atoms with Crippen LogP contribution in [0.5, 0.6) is 0 Å². The van der Waals surface area contributed by atoms with Crippen molar-refractivity contribution in [2.45, 2.75) is 19.8 Å². The van der Waals surface area contributed by atoms with Gasteiger partial charge in [-0.2, -0.15) is 0 Å². The zero-order valence-electron chi connectivity index (χ0n) is 10.0. The molecule has 94 valence electrons. The molecule has 1 heterocycles. The molecular weight excluding hydrogens is 220 g/mol. The first-order valence-electron chi connectivity index (χ1n) is 5.98. The number of nitrogens with one attached hydrogen (secondary N) is 1. The number of carbonyl (C=O) groups excluding carboxylic acids is 1. The van der Waals surface area contributed by atoms with E-state index >= 15 is 0 Å². The van der Waals surface area contributed by atoms with Gasteiger partial charge in [0.25, 0.3) is 0 Å². The molecule has 1 aliphatic carbocycles. The fourth-order valence-corrected chi connectivity index (χ4v) is 1.90. The molecule has 5 heteroatoms. The molecule has 1 saturated carbocycles. The summed E-state index contributed by atoms with van der Waals surface area (Å²) < 4.78 is 0. The van der Waals surface area contributed by atoms with E-state index in [0.29, 0.717) is 18.0 Å². The molecule has 0 aromatic heterocycles. The van der Waals surface area contributed by atoms with E-state index in [2.05, 4.69) is 5.32 Å². The van der Waals surface area contributed by atoms with Gasteiger partial charge in [-0.15, -0.1) is 0 Å². The lowest BCUT2D eigenvalue weighted by Gasteiger charge is -2.26. The maximum Gasteiger partial charge on any atom is 0.323 e. The SMILES string of the molecule is CC(C(=O)N(CC(=O)O)CC1CC1)=C1CNC1. The molecule has 0 bridgehead atoms. The Kier molecular flexibility index (Phi) is 3.47. The van der Waals surface area contributed by atoms with Gasteiger partial charge in [0, 0.05) is 25.2 Å². The summed E-state index contributed by atoms with van der Waals surface area (Å²) in [5, 5.41) is 11.9. The Morgan fingerprint density at radius 3 is 2.47 bits per heavy atom. The second-order valence-electron chi connectivity index (χ2n) is 4.85. The summed E-state index contributed by atoms with van der Waals surface area (Å²) in [5.41, 5.74) is 1.81. The van der Waals surface area contributed by atoms with E-state index in [1.54, 1.807) is 6.92 Å². The van der Waals surface area contributed by atoms with Gasteiger partial charge in [0.2, 0.25) is 5.91 Å². The van der Waals surface area contributed by atoms with Crippen molar-refractivity contribution >= 4 is 11.9 Å². The Morgan fingerprint density at radius 1 is 1.41 bits per heavy atom. The zero-order valence-corrected chi connectivity index (χ0v) is 10.0. The van der Waals surface area contributed by atoms with Crippen LogP contribution in [0.4, 0.5) is 0 Å². The number of carboxylic acids is 1. The maximum atomic E-state index is 12.2. The van der Waals surface area contributed by atoms with Crippen LogP contribution in [0, 0.1) is 5.92 Å². The topological polar surface area (TPSA) is 69.6 Å². The number of carbonyl (C=O) groups is 2. The van der Waals surface area contributed by atoms with Gasteiger partial charge < -0.3 is 15.3 Å². The van der Waals surface area contributed by atoms with Crippen molar-refractivity contribution < 1.29 is 14.7 Å². The molecule has 1 saturated heterocycles. The first kappa shape index (κ1) is 12.1. The molecule has 0 unspecified atom stereocenters. The van der Waals surface area contributed by atoms with Gasteiger partial charge in [-0.3, -0.25) is 9.59 Å². The summed E-state index contributed by atoms with van der Waals surface area (Å²) in [6.07, 6.45) is 2.22. The van der Waals surface area contributed by atoms with E-state index in [9.17, 15) is 9.59 Å². The summed E-state index contributed by atoms with van der Waals surface area (Å²) in [4.78, 5) is 24.4. The first-order valence-corrected chi connectivity index (χ1v) is 5.98. The van der Waals surface area contributed by atoms with Crippen LogP contribution in [0.2, 0.25) is 0 Å². The fraction of sp³-hybridized carbons (Fsp3) is 0.667. The third-order valence-corrected chi connectivity index (χ3v) is 3.32. The molecule has 2 aliphatic rings. The average Bonchev–Trinajstić information content (AvgIpc) is 2.96. The molecule has 2 rings (SSSR count). The van der Waals surface area contributed by atoms with Crippen LogP contribution in [0.1, 0.15) is 19.8 Å². The Morgan fingerprint density at radius 2 is 2.06 bits per heavy atom. The van der Waals surface area contributed by atoms with Crippen molar-refractivity contribution in [3.63, 3.8) is 0 Å². The molecule has 1 amide bonds. The minimum atomic E-state index is -0.941. The van der Waals surface area contributed by atoms with Crippen molar-refractivity contribution in [1.29, 1.82) is 0 Å². The van der Waals surface area contributed by atoms with Crippen molar-refractivity contribution in [1.82, 2.24) is 10.2 Å². The highest BCUT2D eigenvalue weighted by molar-refractivity contribution is 5.95. The van der Waals surface area contributed by atoms with Crippen molar-refractivity contribution in [2.24, 2.45) is 5.92 Å². The van der Waals surface area contributed by atoms with Crippen molar-refractivity contribution in [2.75, 3.05) is 26.2 Å². The Balaban J connectivity index is 2.02. The lowest BCUT2D eigenvalue weighted by molar-refractivity contribution is -0.143. The fourth-order valence-electron chi connectivity index (χ4n) is 1.90. The Hall–Kier alpha value is -1.36. The van der Waals surface area contributed by atoms with Gasteiger partial charge in [-0.05, 0) is 31.3 Å². The number of carboxylic acid groups (broad SMARTS) is 1. The van der Waals surface area contributed by atoms with Crippen LogP contribution in [-0.2, 0) is 9.59 Å². The predicted octanol–water partition coefficient (Wildman–Crippen LogP) is 0.229. The van der Waals surface area contributed by atoms with Crippen LogP contribution in [0.15, 0.2) is 11.1 Å². The molecule has 0 aromatic rings. The molecular formula is C12H18N2O3. The number of aliphatic carboxylic acids is 1. The minimum Gasteiger partial charge on any atom is -0.480 e. The van der Waals surface area contributed by atoms with E-state index in [1.807, 2.05) is 0 Å². The van der Waals surface area contributed by atoms with Gasteiger partial charge in [0.05, 0.1) is 0 Å². The molecule has 5 nitrogen and oxygen atoms in total. The van der Waals surface area contributed by atoms with Crippen LogP contribution in [0.3, 0.4) is 0 Å². The molecule has 1 aliphatic heterocycles. The van der Waals surface area contributed by atoms with Crippen molar-refractivity contribution in [3.05, 3.63) is 11.1 Å². The highest BCUT2D eigenvalue weighted by atomic mass is 16.4. The quantitative estimate of drug-likeness (QED) is 0.673. The summed E-state index contributed by atoms with van der Waals surface area (Å²) in [7, 11) is 0. The second-order valence-corrected chi connectivity index (χ2v) is 4.85. The molecule has 2 fully saturated rings. The van der Waals surface area contributed by atoms with E-state index in [1.165, 1.54) is 4.90 Å². The van der Waals surface area contributed by atoms with Crippen LogP contribution in [-0.4, -0.2) is 48.1 Å². The van der Waals surface area contributed by atoms with Gasteiger partial charge in [-0.25, -0.2) is 0 Å². The summed E-state index contributed by atoms with van der Waals surface area (Å²) in [6.45, 7) is 3.70. The monoisotopic (exact) mass is 238 g/mol. The van der Waals surface area contributed by atoms with Gasteiger partial charge >= 0.3 is 5.97 Å². The van der Waals surface area contributed by atoms with Gasteiger partial charge in [0.1, 0.15) is 6.54 Å². The summed E-state index contributed by atoms with van der Waals surface area (Å²) in [6, 6.07) is 0. The predicted molar refractivity (Wildman–Crippen MR) is 62.5 cm³/mol. The molecule has 2 N–H and O–H groups in total. The molecule has 0 spiro atoms. The molecule has 17 heavy (non-hydrogen) atoms. The van der Waals surface area contributed by atoms with Crippen LogP contribution in [0.25, 0.3) is 0 Å². The Labute approximate surface area is 100 Å². The van der Waals surface area contributed by atoms with Gasteiger partial charge in [-0.1, -0.05) is 0 Å². The number of hydrogen-bond donors (Lipinski definition) is 2. The molecule has 0 aromatic carbocycles. The lowest BCUT2D eigenvalue weighted by atomic mass is 10.0. The lowest BCUT2D eigenvalue weighted by Crippen LogP contribution is -2.41. The maximum absolute atomic E-state index is 12.2. The largest absolute Gasteiger partial charge is 0.480 e. The van der Waals surface area contributed by atoms with Crippen LogP contribution >= 0.6 is 0 Å². The second kappa shape index (κ2) is 4.87. The first-order chi connectivity index (χ1) is 8.08. The molecule has 0 radical (unpaired) electrons. The average molecular weight is 238 g/mol. The minimum absolute atomic E-state index is 0.115. The van der Waals surface area contributed by atoms with E-state index in [0.717, 1.165) is 31.5 Å². The Bertz CT molecular complexity index is 366. The number of nitrogens with zero attached hydrogens (tertiary/aromatic N) is 1. The smallest absolute Gasteiger partial charge is 0.323 e. The highest BCUT2D eigenvalue weighted by Gasteiger charge is 2.29. The third-order valence-electron chi connectivity index (χ3n) is 3.32. The van der Waals surface area contributed by atoms with Crippen LogP contribution < -0.4 is 5.32 Å². The highest BCUT2D eigenvalue weighted by Crippen LogP contribution is 2.30. The van der Waals surface area contributed by atoms with E-state index in [-0.39, 0.29) is 12.5 Å². The number of amides is 1. The van der Waals surface area contributed by atoms with Gasteiger partial charge in [0.15, 0.2) is 0 Å². The van der Waals surface area contributed by atoms with E-state index in [4.69, 9.17) is 5.11 Å². The summed E-state index contributed by atoms with van der Waals surface area (Å²) in [5.74, 6) is -0.546. The standard InChI is InChI=1S/C12H18N2O3/c1-8(10-4-13-5-10)12(17)14(7-11(15)16)6-9-2-3-9/h9,13H,2-7H2,1H3,(H,15,16). The third kappa shape index (κ3) is 3.06. The summed E-state index contributed by atoms with van der Waals surface area (Å²) >= 11 is 0.